The lowest BCUT2D eigenvalue weighted by atomic mass is 9.71. The molecule has 2 aliphatic heterocycles. The predicted molar refractivity (Wildman–Crippen MR) is 136 cm³/mol. The van der Waals surface area contributed by atoms with Gasteiger partial charge in [-0.05, 0) is 59.9 Å². The van der Waals surface area contributed by atoms with Crippen molar-refractivity contribution in [3.63, 3.8) is 0 Å². The molecule has 0 radical (unpaired) electrons. The minimum atomic E-state index is -4.81. The van der Waals surface area contributed by atoms with Gasteiger partial charge in [0, 0.05) is 43.0 Å². The van der Waals surface area contributed by atoms with Gasteiger partial charge >= 0.3 is 6.36 Å². The molecule has 1 fully saturated rings. The normalized spacial score (nSPS) is 22.0. The van der Waals surface area contributed by atoms with E-state index in [0.717, 1.165) is 22.5 Å². The van der Waals surface area contributed by atoms with Crippen LogP contribution in [0.2, 0.25) is 0 Å². The molecule has 0 aromatic heterocycles. The molecule has 0 spiro atoms. The predicted octanol–water partition coefficient (Wildman–Crippen LogP) is 5.81. The van der Waals surface area contributed by atoms with Gasteiger partial charge in [0.2, 0.25) is 0 Å². The highest BCUT2D eigenvalue weighted by molar-refractivity contribution is 5.68. The summed E-state index contributed by atoms with van der Waals surface area (Å²) in [5, 5.41) is 10.1. The molecule has 3 aromatic rings. The number of aliphatic hydroxyl groups is 1. The molecule has 0 aliphatic carbocycles. The number of anilines is 2. The standard InChI is InChI=1S/C29H29F5N2O2/c30-16-24(37)18-36-19-28(26-9-1-2-10-27(26)36,15-20-5-3-8-25(13-20)38-29(32,33)34)21-6-4-7-23(14-21)35-12-11-22(31)17-35/h1-10,13-14,22,24,37H,11-12,15-19H2/t22-,24-,28?/m0/s1. The number of ether oxygens (including phenoxy) is 1. The summed E-state index contributed by atoms with van der Waals surface area (Å²) < 4.78 is 70.2. The minimum Gasteiger partial charge on any atom is -0.406 e. The summed E-state index contributed by atoms with van der Waals surface area (Å²) in [6.07, 6.45) is -6.10. The first-order valence-electron chi connectivity index (χ1n) is 12.6. The zero-order valence-electron chi connectivity index (χ0n) is 20.7. The van der Waals surface area contributed by atoms with E-state index in [-0.39, 0.29) is 12.3 Å². The average molecular weight is 533 g/mol. The van der Waals surface area contributed by atoms with Crippen LogP contribution < -0.4 is 14.5 Å². The molecule has 1 unspecified atom stereocenters. The fourth-order valence-electron chi connectivity index (χ4n) is 5.77. The van der Waals surface area contributed by atoms with Crippen LogP contribution >= 0.6 is 0 Å². The molecule has 202 valence electrons. The van der Waals surface area contributed by atoms with Gasteiger partial charge in [-0.25, -0.2) is 8.78 Å². The largest absolute Gasteiger partial charge is 0.573 e. The summed E-state index contributed by atoms with van der Waals surface area (Å²) in [6, 6.07) is 21.4. The number of β-amino-alcohol motifs (C(OH)–C–C–N with tert-alkyl or cyclic N) is 1. The number of alkyl halides is 5. The minimum absolute atomic E-state index is 0.0713. The van der Waals surface area contributed by atoms with Crippen LogP contribution in [-0.2, 0) is 11.8 Å². The van der Waals surface area contributed by atoms with Gasteiger partial charge in [-0.2, -0.15) is 0 Å². The van der Waals surface area contributed by atoms with Gasteiger partial charge in [0.25, 0.3) is 0 Å². The summed E-state index contributed by atoms with van der Waals surface area (Å²) in [4.78, 5) is 3.92. The number of nitrogens with zero attached hydrogens (tertiary/aromatic N) is 2. The third-order valence-electron chi connectivity index (χ3n) is 7.36. The second-order valence-corrected chi connectivity index (χ2v) is 10.0. The van der Waals surface area contributed by atoms with E-state index >= 15 is 0 Å². The first-order chi connectivity index (χ1) is 18.2. The molecule has 2 aliphatic rings. The van der Waals surface area contributed by atoms with Crippen LogP contribution in [0, 0.1) is 0 Å². The Labute approximate surface area is 218 Å². The van der Waals surface area contributed by atoms with Crippen LogP contribution in [0.15, 0.2) is 72.8 Å². The number of fused-ring (bicyclic) bond motifs is 1. The highest BCUT2D eigenvalue weighted by Gasteiger charge is 2.45. The van der Waals surface area contributed by atoms with Gasteiger partial charge in [0.15, 0.2) is 0 Å². The van der Waals surface area contributed by atoms with Crippen LogP contribution in [-0.4, -0.2) is 56.6 Å². The van der Waals surface area contributed by atoms with Gasteiger partial charge in [-0.15, -0.1) is 13.2 Å². The molecule has 4 nitrogen and oxygen atoms in total. The van der Waals surface area contributed by atoms with Crippen molar-refractivity contribution in [3.05, 3.63) is 89.5 Å². The fourth-order valence-corrected chi connectivity index (χ4v) is 5.77. The number of rotatable bonds is 8. The molecule has 38 heavy (non-hydrogen) atoms. The molecule has 0 amide bonds. The summed E-state index contributed by atoms with van der Waals surface area (Å²) in [5.74, 6) is -0.305. The first-order valence-corrected chi connectivity index (χ1v) is 12.6. The average Bonchev–Trinajstić information content (AvgIpc) is 3.45. The lowest BCUT2D eigenvalue weighted by Crippen LogP contribution is -2.40. The Bertz CT molecular complexity index is 1270. The van der Waals surface area contributed by atoms with Crippen molar-refractivity contribution in [2.45, 2.75) is 36.9 Å². The summed E-state index contributed by atoms with van der Waals surface area (Å²) in [7, 11) is 0. The Morgan fingerprint density at radius 3 is 2.55 bits per heavy atom. The second kappa shape index (κ2) is 10.4. The van der Waals surface area contributed by atoms with Crippen molar-refractivity contribution in [2.24, 2.45) is 0 Å². The van der Waals surface area contributed by atoms with Crippen molar-refractivity contribution in [2.75, 3.05) is 42.7 Å². The Balaban J connectivity index is 1.60. The second-order valence-electron chi connectivity index (χ2n) is 10.0. The van der Waals surface area contributed by atoms with Crippen molar-refractivity contribution in [3.8, 4) is 5.75 Å². The summed E-state index contributed by atoms with van der Waals surface area (Å²) in [5.41, 5.74) is 3.44. The lowest BCUT2D eigenvalue weighted by molar-refractivity contribution is -0.274. The van der Waals surface area contributed by atoms with E-state index in [1.807, 2.05) is 58.3 Å². The fraction of sp³-hybridized carbons (Fsp3) is 0.379. The maximum atomic E-state index is 14.0. The maximum Gasteiger partial charge on any atom is 0.573 e. The molecule has 1 saturated heterocycles. The number of benzene rings is 3. The van der Waals surface area contributed by atoms with Gasteiger partial charge < -0.3 is 19.6 Å². The van der Waals surface area contributed by atoms with Crippen LogP contribution in [0.4, 0.5) is 33.3 Å². The van der Waals surface area contributed by atoms with E-state index in [4.69, 9.17) is 0 Å². The van der Waals surface area contributed by atoms with Gasteiger partial charge in [-0.3, -0.25) is 0 Å². The third-order valence-corrected chi connectivity index (χ3v) is 7.36. The van der Waals surface area contributed by atoms with Crippen LogP contribution in [0.25, 0.3) is 0 Å². The van der Waals surface area contributed by atoms with Crippen molar-refractivity contribution in [1.29, 1.82) is 0 Å². The van der Waals surface area contributed by atoms with E-state index in [0.29, 0.717) is 38.0 Å². The number of hydrogen-bond donors (Lipinski definition) is 1. The molecule has 0 saturated carbocycles. The van der Waals surface area contributed by atoms with E-state index in [1.165, 1.54) is 18.2 Å². The smallest absolute Gasteiger partial charge is 0.406 e. The number of halogens is 5. The molecule has 2 heterocycles. The van der Waals surface area contributed by atoms with Crippen LogP contribution in [0.1, 0.15) is 23.1 Å². The first kappa shape index (κ1) is 26.3. The van der Waals surface area contributed by atoms with E-state index < -0.39 is 30.7 Å². The summed E-state index contributed by atoms with van der Waals surface area (Å²) in [6.45, 7) is 0.459. The Kier molecular flexibility index (Phi) is 7.22. The molecule has 0 bridgehead atoms. The topological polar surface area (TPSA) is 35.9 Å². The highest BCUT2D eigenvalue weighted by atomic mass is 19.4. The van der Waals surface area contributed by atoms with Crippen LogP contribution in [0.5, 0.6) is 5.75 Å². The molecule has 3 atom stereocenters. The Morgan fingerprint density at radius 2 is 1.82 bits per heavy atom. The summed E-state index contributed by atoms with van der Waals surface area (Å²) >= 11 is 0. The molecule has 5 rings (SSSR count). The van der Waals surface area contributed by atoms with E-state index in [1.54, 1.807) is 6.07 Å². The van der Waals surface area contributed by atoms with Gasteiger partial charge in [0.1, 0.15) is 18.6 Å². The number of para-hydroxylation sites is 1. The SMILES string of the molecule is O[C@@H](CF)CN1CC(Cc2cccc(OC(F)(F)F)c2)(c2cccc(N3CC[C@H](F)C3)c2)c2ccccc21. The van der Waals surface area contributed by atoms with Gasteiger partial charge in [0.05, 0.1) is 6.10 Å². The molecular formula is C29H29F5N2O2. The van der Waals surface area contributed by atoms with Crippen molar-refractivity contribution in [1.82, 2.24) is 0 Å². The molecular weight excluding hydrogens is 503 g/mol. The number of hydrogen-bond acceptors (Lipinski definition) is 4. The quantitative estimate of drug-likeness (QED) is 0.372. The molecule has 3 aromatic carbocycles. The highest BCUT2D eigenvalue weighted by Crippen LogP contribution is 2.48. The zero-order chi connectivity index (χ0) is 26.9. The third kappa shape index (κ3) is 5.43. The molecule has 1 N–H and O–H groups in total. The van der Waals surface area contributed by atoms with Crippen LogP contribution in [0.3, 0.4) is 0 Å². The van der Waals surface area contributed by atoms with E-state index in [2.05, 4.69) is 4.74 Å². The van der Waals surface area contributed by atoms with E-state index in [9.17, 15) is 27.1 Å². The Hall–Kier alpha value is -3.33. The zero-order valence-corrected chi connectivity index (χ0v) is 20.7. The lowest BCUT2D eigenvalue weighted by Gasteiger charge is -2.33. The monoisotopic (exact) mass is 532 g/mol. The van der Waals surface area contributed by atoms with Crippen molar-refractivity contribution >= 4 is 11.4 Å². The molecule has 9 heteroatoms. The van der Waals surface area contributed by atoms with Gasteiger partial charge in [-0.1, -0.05) is 42.5 Å². The number of aliphatic hydroxyl groups excluding tert-OH is 1. The maximum absolute atomic E-state index is 14.0. The van der Waals surface area contributed by atoms with Crippen molar-refractivity contribution < 1.29 is 31.8 Å². The Morgan fingerprint density at radius 1 is 1.03 bits per heavy atom.